The van der Waals surface area contributed by atoms with E-state index >= 15 is 0 Å². The number of carbonyl (C=O) groups is 1. The number of aromatic nitrogens is 1. The van der Waals surface area contributed by atoms with Gasteiger partial charge in [-0.1, -0.05) is 42.5 Å². The van der Waals surface area contributed by atoms with Gasteiger partial charge in [-0.25, -0.2) is 8.42 Å². The molecule has 1 heterocycles. The Balaban J connectivity index is 1.60. The summed E-state index contributed by atoms with van der Waals surface area (Å²) in [5.74, 6) is -0.701. The summed E-state index contributed by atoms with van der Waals surface area (Å²) in [5, 5.41) is 2.55. The van der Waals surface area contributed by atoms with E-state index in [2.05, 4.69) is 5.32 Å². The van der Waals surface area contributed by atoms with Gasteiger partial charge >= 0.3 is 6.18 Å². The van der Waals surface area contributed by atoms with Crippen molar-refractivity contribution in [3.63, 3.8) is 0 Å². The third-order valence-electron chi connectivity index (χ3n) is 4.95. The summed E-state index contributed by atoms with van der Waals surface area (Å²) in [7, 11) is -4.60. The molecule has 11 heteroatoms. The number of alkyl halides is 3. The van der Waals surface area contributed by atoms with Crippen molar-refractivity contribution in [2.75, 3.05) is 0 Å². The maximum Gasteiger partial charge on any atom is 0.417 e. The number of sulfonamides is 1. The van der Waals surface area contributed by atoms with Crippen molar-refractivity contribution in [2.24, 2.45) is 0 Å². The molecular weight excluding hydrogens is 471 g/mol. The zero-order chi connectivity index (χ0) is 24.9. The highest BCUT2D eigenvalue weighted by Crippen LogP contribution is 2.33. The van der Waals surface area contributed by atoms with E-state index < -0.39 is 38.6 Å². The van der Waals surface area contributed by atoms with Crippen LogP contribution in [0.4, 0.5) is 13.2 Å². The van der Waals surface area contributed by atoms with Gasteiger partial charge in [-0.15, -0.1) is 0 Å². The second-order valence-corrected chi connectivity index (χ2v) is 9.22. The Hall–Kier alpha value is -3.44. The first-order chi connectivity index (χ1) is 16.0. The SMILES string of the molecule is C[C@H](NS(=O)(=O)c1ccccc1C(F)(F)F)C(=O)NCc1ccc(Cn2ccccc2=O)cc1. The number of halogens is 3. The van der Waals surface area contributed by atoms with Gasteiger partial charge in [-0.2, -0.15) is 17.9 Å². The molecule has 0 saturated carbocycles. The minimum absolute atomic E-state index is 0.0790. The van der Waals surface area contributed by atoms with Crippen LogP contribution in [-0.4, -0.2) is 24.9 Å². The van der Waals surface area contributed by atoms with Gasteiger partial charge in [0.25, 0.3) is 5.56 Å². The molecule has 0 aliphatic carbocycles. The maximum absolute atomic E-state index is 13.2. The van der Waals surface area contributed by atoms with Crippen molar-refractivity contribution in [3.8, 4) is 0 Å². The van der Waals surface area contributed by atoms with E-state index in [1.165, 1.54) is 19.1 Å². The monoisotopic (exact) mass is 493 g/mol. The molecule has 34 heavy (non-hydrogen) atoms. The molecule has 3 aromatic rings. The normalized spacial score (nSPS) is 12.8. The van der Waals surface area contributed by atoms with Crippen LogP contribution in [0.5, 0.6) is 0 Å². The lowest BCUT2D eigenvalue weighted by atomic mass is 10.1. The van der Waals surface area contributed by atoms with E-state index in [4.69, 9.17) is 0 Å². The zero-order valence-electron chi connectivity index (χ0n) is 18.0. The lowest BCUT2D eigenvalue weighted by Gasteiger charge is -2.17. The van der Waals surface area contributed by atoms with E-state index in [9.17, 15) is 31.2 Å². The van der Waals surface area contributed by atoms with Crippen molar-refractivity contribution < 1.29 is 26.4 Å². The summed E-state index contributed by atoms with van der Waals surface area (Å²) in [6.45, 7) is 1.70. The number of pyridine rings is 1. The van der Waals surface area contributed by atoms with Gasteiger partial charge in [0, 0.05) is 18.8 Å². The molecule has 0 unspecified atom stereocenters. The molecule has 0 radical (unpaired) electrons. The Labute approximate surface area is 194 Å². The number of rotatable bonds is 8. The molecule has 0 fully saturated rings. The molecule has 3 rings (SSSR count). The van der Waals surface area contributed by atoms with Crippen LogP contribution in [0.2, 0.25) is 0 Å². The van der Waals surface area contributed by atoms with Crippen LogP contribution in [0.1, 0.15) is 23.6 Å². The fourth-order valence-electron chi connectivity index (χ4n) is 3.18. The number of hydrogen-bond donors (Lipinski definition) is 2. The third-order valence-corrected chi connectivity index (χ3v) is 6.55. The number of nitrogens with one attached hydrogen (secondary N) is 2. The highest BCUT2D eigenvalue weighted by atomic mass is 32.2. The largest absolute Gasteiger partial charge is 0.417 e. The van der Waals surface area contributed by atoms with E-state index in [1.54, 1.807) is 47.2 Å². The predicted octanol–water partition coefficient (Wildman–Crippen LogP) is 2.90. The van der Waals surface area contributed by atoms with Crippen molar-refractivity contribution in [1.29, 1.82) is 0 Å². The van der Waals surface area contributed by atoms with E-state index in [-0.39, 0.29) is 12.1 Å². The molecule has 180 valence electrons. The maximum atomic E-state index is 13.2. The van der Waals surface area contributed by atoms with Crippen LogP contribution in [0.25, 0.3) is 0 Å². The average Bonchev–Trinajstić information content (AvgIpc) is 2.79. The first kappa shape index (κ1) is 25.2. The van der Waals surface area contributed by atoms with Crippen LogP contribution in [0.3, 0.4) is 0 Å². The lowest BCUT2D eigenvalue weighted by Crippen LogP contribution is -2.44. The lowest BCUT2D eigenvalue weighted by molar-refractivity contribution is -0.139. The first-order valence-electron chi connectivity index (χ1n) is 10.2. The number of nitrogens with zero attached hydrogens (tertiary/aromatic N) is 1. The smallest absolute Gasteiger partial charge is 0.351 e. The molecule has 0 spiro atoms. The van der Waals surface area contributed by atoms with Crippen molar-refractivity contribution in [3.05, 3.63) is 100.0 Å². The quantitative estimate of drug-likeness (QED) is 0.504. The molecule has 0 bridgehead atoms. The van der Waals surface area contributed by atoms with Gasteiger partial charge in [0.05, 0.1) is 23.0 Å². The fourth-order valence-corrected chi connectivity index (χ4v) is 4.61. The Bertz CT molecular complexity index is 1320. The molecule has 2 N–H and O–H groups in total. The third kappa shape index (κ3) is 6.33. The molecular formula is C23H22F3N3O4S. The Morgan fingerprint density at radius 1 is 0.971 bits per heavy atom. The van der Waals surface area contributed by atoms with Gasteiger partial charge in [-0.3, -0.25) is 9.59 Å². The van der Waals surface area contributed by atoms with E-state index in [0.29, 0.717) is 12.6 Å². The summed E-state index contributed by atoms with van der Waals surface area (Å²) in [6, 6.07) is 14.4. The van der Waals surface area contributed by atoms with Crippen LogP contribution in [0, 0.1) is 0 Å². The van der Waals surface area contributed by atoms with Crippen molar-refractivity contribution in [2.45, 2.75) is 37.1 Å². The van der Waals surface area contributed by atoms with Gasteiger partial charge in [0.1, 0.15) is 0 Å². The molecule has 1 amide bonds. The minimum atomic E-state index is -4.86. The van der Waals surface area contributed by atoms with Crippen molar-refractivity contribution in [1.82, 2.24) is 14.6 Å². The molecule has 0 saturated heterocycles. The predicted molar refractivity (Wildman–Crippen MR) is 119 cm³/mol. The standard InChI is InChI=1S/C23H22F3N3O4S/c1-16(28-34(32,33)20-7-3-2-6-19(20)23(24,25)26)22(31)27-14-17-9-11-18(12-10-17)15-29-13-5-4-8-21(29)30/h2-13,16,28H,14-15H2,1H3,(H,27,31)/t16-/m0/s1. The number of carbonyl (C=O) groups excluding carboxylic acids is 1. The first-order valence-corrected chi connectivity index (χ1v) is 11.7. The molecule has 1 atom stereocenters. The van der Waals surface area contributed by atoms with Crippen LogP contribution >= 0.6 is 0 Å². The molecule has 7 nitrogen and oxygen atoms in total. The van der Waals surface area contributed by atoms with Crippen molar-refractivity contribution >= 4 is 15.9 Å². The second kappa shape index (κ2) is 10.2. The molecule has 0 aliphatic heterocycles. The highest BCUT2D eigenvalue weighted by molar-refractivity contribution is 7.89. The van der Waals surface area contributed by atoms with Crippen LogP contribution in [-0.2, 0) is 34.1 Å². The van der Waals surface area contributed by atoms with E-state index in [1.807, 2.05) is 4.72 Å². The van der Waals surface area contributed by atoms with Gasteiger partial charge in [0.15, 0.2) is 0 Å². The Kier molecular flexibility index (Phi) is 7.57. The van der Waals surface area contributed by atoms with Gasteiger partial charge in [-0.05, 0) is 36.2 Å². The van der Waals surface area contributed by atoms with Gasteiger partial charge < -0.3 is 9.88 Å². The summed E-state index contributed by atoms with van der Waals surface area (Å²) >= 11 is 0. The Morgan fingerprint density at radius 3 is 2.24 bits per heavy atom. The van der Waals surface area contributed by atoms with E-state index in [0.717, 1.165) is 23.3 Å². The minimum Gasteiger partial charge on any atom is -0.351 e. The zero-order valence-corrected chi connectivity index (χ0v) is 18.9. The second-order valence-electron chi connectivity index (χ2n) is 7.54. The number of amides is 1. The fraction of sp³-hybridized carbons (Fsp3) is 0.217. The highest BCUT2D eigenvalue weighted by Gasteiger charge is 2.37. The summed E-state index contributed by atoms with van der Waals surface area (Å²) in [5.41, 5.74) is 0.143. The average molecular weight is 494 g/mol. The summed E-state index contributed by atoms with van der Waals surface area (Å²) < 4.78 is 68.0. The molecule has 2 aromatic carbocycles. The Morgan fingerprint density at radius 2 is 1.59 bits per heavy atom. The molecule has 0 aliphatic rings. The topological polar surface area (TPSA) is 97.3 Å². The summed E-state index contributed by atoms with van der Waals surface area (Å²) in [6.07, 6.45) is -3.19. The van der Waals surface area contributed by atoms with Crippen LogP contribution < -0.4 is 15.6 Å². The van der Waals surface area contributed by atoms with Crippen LogP contribution in [0.15, 0.2) is 82.6 Å². The summed E-state index contributed by atoms with van der Waals surface area (Å²) in [4.78, 5) is 23.2. The van der Waals surface area contributed by atoms with Gasteiger partial charge in [0.2, 0.25) is 15.9 Å². The number of hydrogen-bond acceptors (Lipinski definition) is 4. The number of benzene rings is 2. The molecule has 1 aromatic heterocycles.